The van der Waals surface area contributed by atoms with Gasteiger partial charge in [0.2, 0.25) is 0 Å². The number of fused-ring (bicyclic) bond motifs is 1. The van der Waals surface area contributed by atoms with Gasteiger partial charge in [0.05, 0.1) is 6.07 Å². The van der Waals surface area contributed by atoms with Crippen LogP contribution in [0, 0.1) is 18.3 Å². The lowest BCUT2D eigenvalue weighted by Gasteiger charge is -2.07. The predicted octanol–water partition coefficient (Wildman–Crippen LogP) is 3.86. The quantitative estimate of drug-likeness (QED) is 0.800. The molecule has 2 rings (SSSR count). The van der Waals surface area contributed by atoms with Crippen molar-refractivity contribution >= 4 is 16.5 Å². The van der Waals surface area contributed by atoms with E-state index in [4.69, 9.17) is 5.26 Å². The van der Waals surface area contributed by atoms with Gasteiger partial charge in [0, 0.05) is 18.7 Å². The number of unbranched alkanes of at least 4 members (excludes halogenated alkanes) is 1. The predicted molar refractivity (Wildman–Crippen MR) is 72.0 cm³/mol. The zero-order valence-electron chi connectivity index (χ0n) is 10.0. The molecule has 1 N–H and O–H groups in total. The van der Waals surface area contributed by atoms with E-state index in [-0.39, 0.29) is 0 Å². The second kappa shape index (κ2) is 5.36. The third kappa shape index (κ3) is 2.98. The standard InChI is InChI=1S/C15H16N2/c1-12-4-5-14-11-15(7-6-13(14)10-12)17-9-3-2-8-16/h4-7,10-11,17H,2-3,9H2,1H3. The van der Waals surface area contributed by atoms with Gasteiger partial charge in [0.15, 0.2) is 0 Å². The molecule has 0 aliphatic rings. The number of hydrogen-bond donors (Lipinski definition) is 1. The zero-order valence-corrected chi connectivity index (χ0v) is 10.0. The van der Waals surface area contributed by atoms with Gasteiger partial charge in [-0.25, -0.2) is 0 Å². The number of rotatable bonds is 4. The Morgan fingerprint density at radius 1 is 1.12 bits per heavy atom. The smallest absolute Gasteiger partial charge is 0.0622 e. The van der Waals surface area contributed by atoms with Crippen LogP contribution < -0.4 is 5.32 Å². The van der Waals surface area contributed by atoms with E-state index < -0.39 is 0 Å². The van der Waals surface area contributed by atoms with Crippen molar-refractivity contribution < 1.29 is 0 Å². The molecule has 0 aliphatic heterocycles. The Labute approximate surface area is 102 Å². The van der Waals surface area contributed by atoms with Gasteiger partial charge in [-0.15, -0.1) is 0 Å². The number of nitrogens with one attached hydrogen (secondary N) is 1. The molecule has 0 fully saturated rings. The zero-order chi connectivity index (χ0) is 12.1. The Balaban J connectivity index is 2.10. The third-order valence-corrected chi connectivity index (χ3v) is 2.79. The van der Waals surface area contributed by atoms with E-state index in [2.05, 4.69) is 54.7 Å². The molecule has 0 spiro atoms. The summed E-state index contributed by atoms with van der Waals surface area (Å²) in [7, 11) is 0. The van der Waals surface area contributed by atoms with Crippen LogP contribution in [0.25, 0.3) is 10.8 Å². The Bertz CT molecular complexity index is 552. The van der Waals surface area contributed by atoms with Crippen LogP contribution in [0.15, 0.2) is 36.4 Å². The third-order valence-electron chi connectivity index (χ3n) is 2.79. The maximum absolute atomic E-state index is 8.45. The molecule has 0 aliphatic carbocycles. The fraction of sp³-hybridized carbons (Fsp3) is 0.267. The normalized spacial score (nSPS) is 10.1. The fourth-order valence-corrected chi connectivity index (χ4v) is 1.88. The van der Waals surface area contributed by atoms with Crippen LogP contribution in [0.5, 0.6) is 0 Å². The Hall–Kier alpha value is -2.01. The van der Waals surface area contributed by atoms with Gasteiger partial charge in [0.1, 0.15) is 0 Å². The highest BCUT2D eigenvalue weighted by molar-refractivity contribution is 5.86. The van der Waals surface area contributed by atoms with Gasteiger partial charge in [-0.2, -0.15) is 5.26 Å². The second-order valence-corrected chi connectivity index (χ2v) is 4.25. The minimum absolute atomic E-state index is 0.611. The van der Waals surface area contributed by atoms with Crippen LogP contribution in [-0.2, 0) is 0 Å². The maximum atomic E-state index is 8.45. The summed E-state index contributed by atoms with van der Waals surface area (Å²) in [6.07, 6.45) is 1.50. The minimum atomic E-state index is 0.611. The Morgan fingerprint density at radius 2 is 1.88 bits per heavy atom. The van der Waals surface area contributed by atoms with Crippen LogP contribution in [0.1, 0.15) is 18.4 Å². The van der Waals surface area contributed by atoms with Crippen molar-refractivity contribution in [3.8, 4) is 6.07 Å². The largest absolute Gasteiger partial charge is 0.385 e. The number of hydrogen-bond acceptors (Lipinski definition) is 2. The average molecular weight is 224 g/mol. The molecule has 0 radical (unpaired) electrons. The first kappa shape index (κ1) is 11.5. The summed E-state index contributed by atoms with van der Waals surface area (Å²) in [5.41, 5.74) is 2.41. The molecule has 2 heteroatoms. The Morgan fingerprint density at radius 3 is 2.71 bits per heavy atom. The van der Waals surface area contributed by atoms with E-state index in [9.17, 15) is 0 Å². The fourth-order valence-electron chi connectivity index (χ4n) is 1.88. The number of nitrogens with zero attached hydrogens (tertiary/aromatic N) is 1. The van der Waals surface area contributed by atoms with E-state index >= 15 is 0 Å². The highest BCUT2D eigenvalue weighted by Crippen LogP contribution is 2.20. The second-order valence-electron chi connectivity index (χ2n) is 4.25. The summed E-state index contributed by atoms with van der Waals surface area (Å²) in [6.45, 7) is 2.96. The maximum Gasteiger partial charge on any atom is 0.0622 e. The van der Waals surface area contributed by atoms with E-state index in [1.54, 1.807) is 0 Å². The van der Waals surface area contributed by atoms with Crippen molar-refractivity contribution in [3.05, 3.63) is 42.0 Å². The summed E-state index contributed by atoms with van der Waals surface area (Å²) in [6, 6.07) is 15.0. The molecule has 0 unspecified atom stereocenters. The van der Waals surface area contributed by atoms with Crippen LogP contribution >= 0.6 is 0 Å². The first-order chi connectivity index (χ1) is 8.29. The van der Waals surface area contributed by atoms with Crippen molar-refractivity contribution in [2.45, 2.75) is 19.8 Å². The highest BCUT2D eigenvalue weighted by atomic mass is 14.9. The lowest BCUT2D eigenvalue weighted by Crippen LogP contribution is -2.00. The van der Waals surface area contributed by atoms with Crippen LogP contribution in [0.2, 0.25) is 0 Å². The summed E-state index contributed by atoms with van der Waals surface area (Å²) < 4.78 is 0. The van der Waals surface area contributed by atoms with Crippen molar-refractivity contribution in [1.29, 1.82) is 5.26 Å². The minimum Gasteiger partial charge on any atom is -0.385 e. The number of nitriles is 1. The molecular formula is C15H16N2. The molecule has 0 amide bonds. The molecule has 0 atom stereocenters. The van der Waals surface area contributed by atoms with Crippen molar-refractivity contribution in [3.63, 3.8) is 0 Å². The van der Waals surface area contributed by atoms with Gasteiger partial charge in [-0.3, -0.25) is 0 Å². The molecule has 0 aromatic heterocycles. The van der Waals surface area contributed by atoms with Gasteiger partial charge in [-0.05, 0) is 36.2 Å². The topological polar surface area (TPSA) is 35.8 Å². The number of anilines is 1. The summed E-state index contributed by atoms with van der Waals surface area (Å²) in [5, 5.41) is 14.3. The summed E-state index contributed by atoms with van der Waals surface area (Å²) in [5.74, 6) is 0. The van der Waals surface area contributed by atoms with E-state index in [0.29, 0.717) is 6.42 Å². The van der Waals surface area contributed by atoms with E-state index in [0.717, 1.165) is 18.7 Å². The molecule has 0 bridgehead atoms. The molecule has 0 saturated carbocycles. The SMILES string of the molecule is Cc1ccc2cc(NCCCC#N)ccc2c1. The monoisotopic (exact) mass is 224 g/mol. The Kier molecular flexibility index (Phi) is 3.62. The molecule has 2 aromatic rings. The lowest BCUT2D eigenvalue weighted by molar-refractivity contribution is 0.898. The summed E-state index contributed by atoms with van der Waals surface area (Å²) in [4.78, 5) is 0. The van der Waals surface area contributed by atoms with Gasteiger partial charge >= 0.3 is 0 Å². The average Bonchev–Trinajstić information content (AvgIpc) is 2.35. The molecule has 0 heterocycles. The van der Waals surface area contributed by atoms with Crippen LogP contribution in [0.3, 0.4) is 0 Å². The molecular weight excluding hydrogens is 208 g/mol. The lowest BCUT2D eigenvalue weighted by atomic mass is 10.1. The van der Waals surface area contributed by atoms with Crippen molar-refractivity contribution in [2.24, 2.45) is 0 Å². The van der Waals surface area contributed by atoms with Gasteiger partial charge in [-0.1, -0.05) is 29.8 Å². The molecule has 2 aromatic carbocycles. The summed E-state index contributed by atoms with van der Waals surface area (Å²) >= 11 is 0. The first-order valence-corrected chi connectivity index (χ1v) is 5.91. The molecule has 2 nitrogen and oxygen atoms in total. The van der Waals surface area contributed by atoms with Crippen molar-refractivity contribution in [1.82, 2.24) is 0 Å². The highest BCUT2D eigenvalue weighted by Gasteiger charge is 1.96. The molecule has 0 saturated heterocycles. The van der Waals surface area contributed by atoms with Crippen molar-refractivity contribution in [2.75, 3.05) is 11.9 Å². The van der Waals surface area contributed by atoms with Gasteiger partial charge < -0.3 is 5.32 Å². The molecule has 86 valence electrons. The van der Waals surface area contributed by atoms with Crippen LogP contribution in [0.4, 0.5) is 5.69 Å². The van der Waals surface area contributed by atoms with Crippen LogP contribution in [-0.4, -0.2) is 6.54 Å². The van der Waals surface area contributed by atoms with E-state index in [1.165, 1.54) is 16.3 Å². The molecule has 17 heavy (non-hydrogen) atoms. The number of aryl methyl sites for hydroxylation is 1. The number of benzene rings is 2. The first-order valence-electron chi connectivity index (χ1n) is 5.91. The van der Waals surface area contributed by atoms with Gasteiger partial charge in [0.25, 0.3) is 0 Å². The van der Waals surface area contributed by atoms with E-state index in [1.807, 2.05) is 0 Å².